The number of hydrogen-bond acceptors (Lipinski definition) is 5. The summed E-state index contributed by atoms with van der Waals surface area (Å²) < 4.78 is 18.6. The number of aliphatic hydroxyl groups is 1. The monoisotopic (exact) mass is 373 g/mol. The van der Waals surface area contributed by atoms with Crippen LogP contribution < -0.4 is 0 Å². The maximum atomic E-state index is 13.3. The molecule has 0 radical (unpaired) electrons. The van der Waals surface area contributed by atoms with Gasteiger partial charge in [-0.05, 0) is 45.0 Å². The molecule has 27 heavy (non-hydrogen) atoms. The molecule has 6 nitrogen and oxygen atoms in total. The van der Waals surface area contributed by atoms with E-state index in [1.165, 1.54) is 12.1 Å². The second kappa shape index (κ2) is 8.51. The van der Waals surface area contributed by atoms with Crippen LogP contribution >= 0.6 is 0 Å². The summed E-state index contributed by atoms with van der Waals surface area (Å²) in [5, 5.41) is 14.6. The summed E-state index contributed by atoms with van der Waals surface area (Å²) >= 11 is 0. The Morgan fingerprint density at radius 3 is 2.93 bits per heavy atom. The third-order valence-electron chi connectivity index (χ3n) is 5.21. The van der Waals surface area contributed by atoms with Gasteiger partial charge in [-0.2, -0.15) is 0 Å². The Balaban J connectivity index is 1.54. The summed E-state index contributed by atoms with van der Waals surface area (Å²) in [5.41, 5.74) is 1.38. The van der Waals surface area contributed by atoms with Gasteiger partial charge in [0.2, 0.25) is 0 Å². The fourth-order valence-electron chi connectivity index (χ4n) is 3.59. The topological polar surface area (TPSA) is 69.8 Å². The van der Waals surface area contributed by atoms with Gasteiger partial charge in [0.15, 0.2) is 11.7 Å². The molecular weight excluding hydrogens is 349 g/mol. The molecule has 144 valence electrons. The number of likely N-dealkylation sites (tertiary alicyclic amines) is 1. The first-order valence-corrected chi connectivity index (χ1v) is 9.23. The van der Waals surface area contributed by atoms with E-state index in [1.54, 1.807) is 11.0 Å². The first-order valence-electron chi connectivity index (χ1n) is 9.23. The smallest absolute Gasteiger partial charge is 0.264 e. The molecule has 1 atom stereocenters. The fourth-order valence-corrected chi connectivity index (χ4v) is 3.59. The minimum absolute atomic E-state index is 0.278. The van der Waals surface area contributed by atoms with E-state index in [-0.39, 0.29) is 11.7 Å². The van der Waals surface area contributed by atoms with Crippen molar-refractivity contribution >= 4 is 16.9 Å². The van der Waals surface area contributed by atoms with E-state index < -0.39 is 12.0 Å². The molecule has 1 N–H and O–H groups in total. The first-order chi connectivity index (χ1) is 13.0. The van der Waals surface area contributed by atoms with Gasteiger partial charge in [-0.15, -0.1) is 6.42 Å². The highest BCUT2D eigenvalue weighted by atomic mass is 19.1. The van der Waals surface area contributed by atoms with E-state index in [1.807, 2.05) is 6.92 Å². The Morgan fingerprint density at radius 1 is 1.52 bits per heavy atom. The second-order valence-corrected chi connectivity index (χ2v) is 6.81. The lowest BCUT2D eigenvalue weighted by atomic mass is 9.91. The Labute approximate surface area is 157 Å². The van der Waals surface area contributed by atoms with Gasteiger partial charge in [0.1, 0.15) is 5.82 Å². The van der Waals surface area contributed by atoms with E-state index in [4.69, 9.17) is 10.9 Å². The number of fused-ring (bicyclic) bond motifs is 1. The van der Waals surface area contributed by atoms with Crippen LogP contribution in [0.2, 0.25) is 0 Å². The van der Waals surface area contributed by atoms with Crippen LogP contribution in [-0.2, 0) is 4.79 Å². The number of halogens is 1. The number of aromatic nitrogens is 1. The van der Waals surface area contributed by atoms with E-state index in [9.17, 15) is 14.3 Å². The Kier molecular flexibility index (Phi) is 6.09. The van der Waals surface area contributed by atoms with Crippen LogP contribution in [0.5, 0.6) is 0 Å². The van der Waals surface area contributed by atoms with Gasteiger partial charge in [-0.25, -0.2) is 4.39 Å². The van der Waals surface area contributed by atoms with Gasteiger partial charge in [0.05, 0.1) is 5.69 Å². The van der Waals surface area contributed by atoms with Gasteiger partial charge in [0.25, 0.3) is 5.91 Å². The molecule has 7 heteroatoms. The minimum atomic E-state index is -1.37. The van der Waals surface area contributed by atoms with Crippen molar-refractivity contribution in [3.8, 4) is 12.3 Å². The van der Waals surface area contributed by atoms with Crippen LogP contribution in [0, 0.1) is 18.2 Å². The van der Waals surface area contributed by atoms with Crippen molar-refractivity contribution in [1.82, 2.24) is 15.0 Å². The zero-order chi connectivity index (χ0) is 19.4. The van der Waals surface area contributed by atoms with Crippen molar-refractivity contribution in [2.45, 2.75) is 31.8 Å². The van der Waals surface area contributed by atoms with E-state index in [2.05, 4.69) is 16.0 Å². The number of terminal acetylenes is 1. The number of benzene rings is 1. The highest BCUT2D eigenvalue weighted by molar-refractivity contribution is 5.83. The fraction of sp³-hybridized carbons (Fsp3) is 0.500. The number of rotatable bonds is 6. The molecule has 1 aromatic heterocycles. The normalized spacial score (nSPS) is 17.0. The summed E-state index contributed by atoms with van der Waals surface area (Å²) in [4.78, 5) is 15.9. The van der Waals surface area contributed by atoms with Crippen LogP contribution in [0.25, 0.3) is 11.0 Å². The van der Waals surface area contributed by atoms with Crippen LogP contribution in [0.15, 0.2) is 22.7 Å². The zero-order valence-corrected chi connectivity index (χ0v) is 15.4. The number of carbonyl (C=O) groups excluding carboxylic acids is 1. The highest BCUT2D eigenvalue weighted by Gasteiger charge is 2.26. The molecule has 1 aromatic carbocycles. The number of piperidine rings is 1. The SMILES string of the molecule is C#CC(O)C(=O)N(CC)CCN1CCC(c2noc3cc(F)ccc23)CC1. The van der Waals surface area contributed by atoms with Crippen LogP contribution in [-0.4, -0.2) is 64.8 Å². The Hall–Kier alpha value is -2.43. The maximum Gasteiger partial charge on any atom is 0.264 e. The van der Waals surface area contributed by atoms with Crippen molar-refractivity contribution in [2.75, 3.05) is 32.7 Å². The molecule has 1 unspecified atom stereocenters. The summed E-state index contributed by atoms with van der Waals surface area (Å²) in [7, 11) is 0. The number of nitrogens with zero attached hydrogens (tertiary/aromatic N) is 3. The van der Waals surface area contributed by atoms with Crippen LogP contribution in [0.3, 0.4) is 0 Å². The third kappa shape index (κ3) is 4.29. The number of hydrogen-bond donors (Lipinski definition) is 1. The average Bonchev–Trinajstić information content (AvgIpc) is 3.11. The highest BCUT2D eigenvalue weighted by Crippen LogP contribution is 2.32. The molecule has 3 rings (SSSR count). The molecular formula is C20H24FN3O3. The van der Waals surface area contributed by atoms with E-state index in [0.29, 0.717) is 18.7 Å². The van der Waals surface area contributed by atoms with Gasteiger partial charge < -0.3 is 19.4 Å². The third-order valence-corrected chi connectivity index (χ3v) is 5.21. The molecule has 2 aromatic rings. The van der Waals surface area contributed by atoms with Gasteiger partial charge >= 0.3 is 0 Å². The molecule has 0 spiro atoms. The molecule has 1 saturated heterocycles. The number of amides is 1. The molecule has 1 fully saturated rings. The molecule has 2 heterocycles. The van der Waals surface area contributed by atoms with Crippen molar-refractivity contribution in [3.05, 3.63) is 29.7 Å². The Bertz CT molecular complexity index is 837. The number of carbonyl (C=O) groups is 1. The van der Waals surface area contributed by atoms with Gasteiger partial charge in [-0.1, -0.05) is 11.1 Å². The van der Waals surface area contributed by atoms with Gasteiger partial charge in [0, 0.05) is 37.0 Å². The number of likely N-dealkylation sites (N-methyl/N-ethyl adjacent to an activating group) is 1. The lowest BCUT2D eigenvalue weighted by molar-refractivity contribution is -0.137. The molecule has 0 bridgehead atoms. The summed E-state index contributed by atoms with van der Waals surface area (Å²) in [6.45, 7) is 5.40. The summed E-state index contributed by atoms with van der Waals surface area (Å²) in [6.07, 6.45) is 5.59. The first kappa shape index (κ1) is 19.3. The van der Waals surface area contributed by atoms with Gasteiger partial charge in [-0.3, -0.25) is 4.79 Å². The lowest BCUT2D eigenvalue weighted by Crippen LogP contribution is -2.44. The van der Waals surface area contributed by atoms with Crippen molar-refractivity contribution in [2.24, 2.45) is 0 Å². The second-order valence-electron chi connectivity index (χ2n) is 6.81. The van der Waals surface area contributed by atoms with E-state index >= 15 is 0 Å². The quantitative estimate of drug-likeness (QED) is 0.785. The molecule has 1 amide bonds. The predicted octanol–water partition coefficient (Wildman–Crippen LogP) is 1.99. The van der Waals surface area contributed by atoms with Crippen LogP contribution in [0.4, 0.5) is 4.39 Å². The largest absolute Gasteiger partial charge is 0.372 e. The predicted molar refractivity (Wildman–Crippen MR) is 99.5 cm³/mol. The van der Waals surface area contributed by atoms with Crippen molar-refractivity contribution < 1.29 is 18.8 Å². The van der Waals surface area contributed by atoms with Crippen molar-refractivity contribution in [1.29, 1.82) is 0 Å². The average molecular weight is 373 g/mol. The standard InChI is InChI=1S/C20H24FN3O3/c1-3-17(25)20(26)24(4-2)12-11-23-9-7-14(8-10-23)19-16-6-5-15(21)13-18(16)27-22-19/h1,5-6,13-14,17,25H,4,7-12H2,2H3. The molecule has 0 aliphatic carbocycles. The lowest BCUT2D eigenvalue weighted by Gasteiger charge is -2.33. The Morgan fingerprint density at radius 2 is 2.26 bits per heavy atom. The van der Waals surface area contributed by atoms with Crippen molar-refractivity contribution in [3.63, 3.8) is 0 Å². The molecule has 0 saturated carbocycles. The molecule has 1 aliphatic heterocycles. The number of aliphatic hydroxyl groups excluding tert-OH is 1. The maximum absolute atomic E-state index is 13.3. The van der Waals surface area contributed by atoms with Crippen LogP contribution in [0.1, 0.15) is 31.4 Å². The minimum Gasteiger partial charge on any atom is -0.372 e. The zero-order valence-electron chi connectivity index (χ0n) is 15.4. The summed E-state index contributed by atoms with van der Waals surface area (Å²) in [5.74, 6) is 1.60. The summed E-state index contributed by atoms with van der Waals surface area (Å²) in [6, 6.07) is 4.52. The van der Waals surface area contributed by atoms with E-state index in [0.717, 1.165) is 43.6 Å². The molecule has 1 aliphatic rings.